The van der Waals surface area contributed by atoms with E-state index in [1.807, 2.05) is 0 Å². The average Bonchev–Trinajstić information content (AvgIpc) is 2.40. The minimum Gasteiger partial charge on any atom is -0.506 e. The summed E-state index contributed by atoms with van der Waals surface area (Å²) in [6.07, 6.45) is 0. The molecule has 0 bridgehead atoms. The number of hydrogen-bond donors (Lipinski definition) is 1. The number of ketones is 2. The summed E-state index contributed by atoms with van der Waals surface area (Å²) in [5, 5.41) is 10.4. The number of halogens is 3. The lowest BCUT2D eigenvalue weighted by atomic mass is 9.83. The molecule has 0 spiro atoms. The first-order chi connectivity index (χ1) is 9.41. The average molecular weight is 416 g/mol. The summed E-state index contributed by atoms with van der Waals surface area (Å²) in [5.74, 6) is -0.973. The van der Waals surface area contributed by atoms with Gasteiger partial charge in [-0.25, -0.2) is 0 Å². The standard InChI is InChI=1S/C14H5Br2ClO3/c15-8-4-9(16)14(20)11-10(8)13(19)7-3-5(17)1-2-6(7)12(11)18/h1-4,20H. The number of rotatable bonds is 0. The molecule has 6 heteroatoms. The number of fused-ring (bicyclic) bond motifs is 2. The fourth-order valence-electron chi connectivity index (χ4n) is 2.22. The number of aromatic hydroxyl groups is 1. The van der Waals surface area contributed by atoms with E-state index < -0.39 is 5.78 Å². The molecule has 3 nitrogen and oxygen atoms in total. The molecule has 0 heterocycles. The third-order valence-corrected chi connectivity index (χ3v) is 4.60. The van der Waals surface area contributed by atoms with Crippen LogP contribution >= 0.6 is 43.5 Å². The summed E-state index contributed by atoms with van der Waals surface area (Å²) in [6, 6.07) is 6.04. The van der Waals surface area contributed by atoms with Gasteiger partial charge in [-0.2, -0.15) is 0 Å². The topological polar surface area (TPSA) is 54.4 Å². The second-order valence-electron chi connectivity index (χ2n) is 4.29. The Morgan fingerprint density at radius 1 is 0.900 bits per heavy atom. The SMILES string of the molecule is O=C1c2cc(Cl)ccc2C(=O)c2c(O)c(Br)cc(Br)c21. The van der Waals surface area contributed by atoms with Crippen LogP contribution in [-0.2, 0) is 0 Å². The van der Waals surface area contributed by atoms with Gasteiger partial charge in [-0.3, -0.25) is 9.59 Å². The van der Waals surface area contributed by atoms with Crippen LogP contribution in [0.2, 0.25) is 5.02 Å². The molecule has 0 amide bonds. The number of hydrogen-bond acceptors (Lipinski definition) is 3. The van der Waals surface area contributed by atoms with E-state index in [1.54, 1.807) is 6.07 Å². The minimum atomic E-state index is -0.397. The zero-order chi connectivity index (χ0) is 14.6. The molecular weight excluding hydrogens is 411 g/mol. The second kappa shape index (κ2) is 4.69. The third kappa shape index (κ3) is 1.84. The molecule has 0 fully saturated rings. The number of phenols is 1. The third-order valence-electron chi connectivity index (χ3n) is 3.13. The Labute approximate surface area is 135 Å². The van der Waals surface area contributed by atoms with E-state index in [0.29, 0.717) is 14.0 Å². The van der Waals surface area contributed by atoms with Gasteiger partial charge in [0.2, 0.25) is 0 Å². The van der Waals surface area contributed by atoms with Crippen molar-refractivity contribution in [1.29, 1.82) is 0 Å². The Bertz CT molecular complexity index is 797. The van der Waals surface area contributed by atoms with Gasteiger partial charge in [-0.05, 0) is 56.1 Å². The van der Waals surface area contributed by atoms with Crippen molar-refractivity contribution in [3.05, 3.63) is 60.5 Å². The van der Waals surface area contributed by atoms with Crippen LogP contribution in [0.25, 0.3) is 0 Å². The monoisotopic (exact) mass is 414 g/mol. The molecule has 0 atom stereocenters. The van der Waals surface area contributed by atoms with Gasteiger partial charge in [-0.15, -0.1) is 0 Å². The van der Waals surface area contributed by atoms with E-state index in [4.69, 9.17) is 11.6 Å². The summed E-state index contributed by atoms with van der Waals surface area (Å²) in [6.45, 7) is 0. The van der Waals surface area contributed by atoms with Gasteiger partial charge in [0.25, 0.3) is 0 Å². The van der Waals surface area contributed by atoms with Crippen LogP contribution in [0.5, 0.6) is 5.75 Å². The van der Waals surface area contributed by atoms with Gasteiger partial charge in [-0.1, -0.05) is 11.6 Å². The van der Waals surface area contributed by atoms with Gasteiger partial charge in [0, 0.05) is 20.6 Å². The van der Waals surface area contributed by atoms with E-state index in [0.717, 1.165) is 0 Å². The molecule has 0 saturated carbocycles. The van der Waals surface area contributed by atoms with Gasteiger partial charge in [0.15, 0.2) is 11.6 Å². The predicted octanol–water partition coefficient (Wildman–Crippen LogP) is 4.35. The van der Waals surface area contributed by atoms with E-state index in [1.165, 1.54) is 18.2 Å². The number of carbonyl (C=O) groups is 2. The number of carbonyl (C=O) groups excluding carboxylic acids is 2. The first-order valence-electron chi connectivity index (χ1n) is 5.51. The van der Waals surface area contributed by atoms with E-state index >= 15 is 0 Å². The molecule has 100 valence electrons. The van der Waals surface area contributed by atoms with E-state index in [9.17, 15) is 14.7 Å². The van der Waals surface area contributed by atoms with Crippen molar-refractivity contribution in [2.24, 2.45) is 0 Å². The predicted molar refractivity (Wildman–Crippen MR) is 81.8 cm³/mol. The molecule has 1 N–H and O–H groups in total. The lowest BCUT2D eigenvalue weighted by molar-refractivity contribution is 0.0976. The highest BCUT2D eigenvalue weighted by Gasteiger charge is 2.34. The lowest BCUT2D eigenvalue weighted by Gasteiger charge is -2.20. The van der Waals surface area contributed by atoms with Gasteiger partial charge in [0.05, 0.1) is 15.6 Å². The van der Waals surface area contributed by atoms with Crippen molar-refractivity contribution < 1.29 is 14.7 Å². The zero-order valence-corrected chi connectivity index (χ0v) is 13.6. The zero-order valence-electron chi connectivity index (χ0n) is 9.71. The Kier molecular flexibility index (Phi) is 3.23. The summed E-state index contributed by atoms with van der Waals surface area (Å²) in [7, 11) is 0. The molecule has 3 rings (SSSR count). The summed E-state index contributed by atoms with van der Waals surface area (Å²) >= 11 is 12.3. The fourth-order valence-corrected chi connectivity index (χ4v) is 3.74. The van der Waals surface area contributed by atoms with Crippen LogP contribution in [0.1, 0.15) is 31.8 Å². The van der Waals surface area contributed by atoms with Crippen LogP contribution in [-0.4, -0.2) is 16.7 Å². The van der Waals surface area contributed by atoms with Crippen LogP contribution < -0.4 is 0 Å². The largest absolute Gasteiger partial charge is 0.506 e. The Balaban J connectivity index is 2.41. The highest BCUT2D eigenvalue weighted by Crippen LogP contribution is 2.41. The molecule has 0 unspecified atom stereocenters. The van der Waals surface area contributed by atoms with Crippen LogP contribution in [0.3, 0.4) is 0 Å². The van der Waals surface area contributed by atoms with Gasteiger partial charge >= 0.3 is 0 Å². The highest BCUT2D eigenvalue weighted by atomic mass is 79.9. The molecular formula is C14H5Br2ClO3. The second-order valence-corrected chi connectivity index (χ2v) is 6.43. The molecule has 2 aromatic rings. The van der Waals surface area contributed by atoms with Gasteiger partial charge in [0.1, 0.15) is 5.75 Å². The summed E-state index contributed by atoms with van der Waals surface area (Å²) in [4.78, 5) is 25.0. The van der Waals surface area contributed by atoms with E-state index in [-0.39, 0.29) is 33.8 Å². The number of benzene rings is 2. The summed E-state index contributed by atoms with van der Waals surface area (Å²) < 4.78 is 0.794. The Hall–Kier alpha value is -1.17. The van der Waals surface area contributed by atoms with Crippen LogP contribution in [0.15, 0.2) is 33.2 Å². The molecule has 0 radical (unpaired) electrons. The maximum atomic E-state index is 12.5. The maximum Gasteiger partial charge on any atom is 0.198 e. The normalized spacial score (nSPS) is 13.2. The molecule has 0 aromatic heterocycles. The molecule has 20 heavy (non-hydrogen) atoms. The molecule has 1 aliphatic rings. The molecule has 2 aromatic carbocycles. The van der Waals surface area contributed by atoms with E-state index in [2.05, 4.69) is 31.9 Å². The van der Waals surface area contributed by atoms with Crippen molar-refractivity contribution >= 4 is 55.0 Å². The van der Waals surface area contributed by atoms with Crippen molar-refractivity contribution in [3.8, 4) is 5.75 Å². The minimum absolute atomic E-state index is 0.00562. The summed E-state index contributed by atoms with van der Waals surface area (Å²) in [5.41, 5.74) is 0.654. The van der Waals surface area contributed by atoms with Crippen molar-refractivity contribution in [2.75, 3.05) is 0 Å². The first kappa shape index (κ1) is 13.8. The quantitative estimate of drug-likeness (QED) is 0.593. The maximum absolute atomic E-state index is 12.5. The fraction of sp³-hybridized carbons (Fsp3) is 0. The Morgan fingerprint density at radius 3 is 2.25 bits per heavy atom. The van der Waals surface area contributed by atoms with Gasteiger partial charge < -0.3 is 5.11 Å². The highest BCUT2D eigenvalue weighted by molar-refractivity contribution is 9.11. The van der Waals surface area contributed by atoms with Crippen molar-refractivity contribution in [1.82, 2.24) is 0 Å². The lowest BCUT2D eigenvalue weighted by Crippen LogP contribution is -2.21. The van der Waals surface area contributed by atoms with Crippen molar-refractivity contribution in [2.45, 2.75) is 0 Å². The molecule has 1 aliphatic carbocycles. The smallest absolute Gasteiger partial charge is 0.198 e. The Morgan fingerprint density at radius 2 is 1.55 bits per heavy atom. The van der Waals surface area contributed by atoms with Crippen LogP contribution in [0, 0.1) is 0 Å². The number of phenolic OH excluding ortho intramolecular Hbond substituents is 1. The van der Waals surface area contributed by atoms with Crippen molar-refractivity contribution in [3.63, 3.8) is 0 Å². The van der Waals surface area contributed by atoms with Crippen LogP contribution in [0.4, 0.5) is 0 Å². The molecule has 0 aliphatic heterocycles. The molecule has 0 saturated heterocycles. The first-order valence-corrected chi connectivity index (χ1v) is 7.48.